The summed E-state index contributed by atoms with van der Waals surface area (Å²) < 4.78 is 34.0. The number of quaternary nitrogens is 1. The van der Waals surface area contributed by atoms with Gasteiger partial charge in [0.25, 0.3) is 7.82 Å². The Bertz CT molecular complexity index is 1030. The van der Waals surface area contributed by atoms with Gasteiger partial charge in [0.05, 0.1) is 27.7 Å². The Morgan fingerprint density at radius 3 is 1.42 bits per heavy atom. The van der Waals surface area contributed by atoms with Crippen LogP contribution in [0.15, 0.2) is 24.3 Å². The normalized spacial score (nSPS) is 13.7. The van der Waals surface area contributed by atoms with Crippen molar-refractivity contribution in [3.05, 3.63) is 24.3 Å². The maximum absolute atomic E-state index is 12.7. The van der Waals surface area contributed by atoms with Crippen LogP contribution in [-0.4, -0.2) is 70.0 Å². The summed E-state index contributed by atoms with van der Waals surface area (Å²) in [6, 6.07) is 0. The highest BCUT2D eigenvalue weighted by atomic mass is 31.2. The number of hydrogen-bond acceptors (Lipinski definition) is 8. The summed E-state index contributed by atoms with van der Waals surface area (Å²) in [7, 11) is 1.17. The Kier molecular flexibility index (Phi) is 38.9. The van der Waals surface area contributed by atoms with Crippen molar-refractivity contribution in [2.45, 2.75) is 219 Å². The molecule has 10 heteroatoms. The minimum atomic E-state index is -4.62. The van der Waals surface area contributed by atoms with E-state index in [0.717, 1.165) is 51.4 Å². The lowest BCUT2D eigenvalue weighted by atomic mass is 10.0. The lowest BCUT2D eigenvalue weighted by Gasteiger charge is -2.28. The van der Waals surface area contributed by atoms with E-state index in [2.05, 4.69) is 38.2 Å². The second-order valence-electron chi connectivity index (χ2n) is 17.1. The summed E-state index contributed by atoms with van der Waals surface area (Å²) in [5.41, 5.74) is 0. The predicted octanol–water partition coefficient (Wildman–Crippen LogP) is 12.9. The molecule has 0 aromatic carbocycles. The van der Waals surface area contributed by atoms with Crippen LogP contribution in [-0.2, 0) is 32.7 Å². The van der Waals surface area contributed by atoms with Crippen LogP contribution in [0.1, 0.15) is 213 Å². The topological polar surface area (TPSA) is 111 Å². The molecule has 0 heterocycles. The van der Waals surface area contributed by atoms with Crippen LogP contribution in [0.2, 0.25) is 0 Å². The quantitative estimate of drug-likeness (QED) is 0.0196. The number of carbonyl (C=O) groups excluding carboxylic acids is 2. The van der Waals surface area contributed by atoms with E-state index in [1.807, 2.05) is 21.1 Å². The predicted molar refractivity (Wildman–Crippen MR) is 236 cm³/mol. The van der Waals surface area contributed by atoms with Crippen molar-refractivity contribution in [2.24, 2.45) is 0 Å². The zero-order chi connectivity index (χ0) is 42.1. The summed E-state index contributed by atoms with van der Waals surface area (Å²) in [6.45, 7) is 4.22. The molecule has 0 rings (SSSR count). The molecule has 0 fully saturated rings. The Hall–Kier alpha value is -1.51. The lowest BCUT2D eigenvalue weighted by molar-refractivity contribution is -0.870. The first-order valence-corrected chi connectivity index (χ1v) is 25.0. The van der Waals surface area contributed by atoms with Gasteiger partial charge in [0.2, 0.25) is 0 Å². The molecule has 0 spiro atoms. The Morgan fingerprint density at radius 2 is 0.947 bits per heavy atom. The molecule has 0 bridgehead atoms. The van der Waals surface area contributed by atoms with Crippen LogP contribution in [0, 0.1) is 0 Å². The molecule has 2 atom stereocenters. The largest absolute Gasteiger partial charge is 0.756 e. The van der Waals surface area contributed by atoms with Gasteiger partial charge >= 0.3 is 11.9 Å². The third kappa shape index (κ3) is 43.9. The second-order valence-corrected chi connectivity index (χ2v) is 18.5. The van der Waals surface area contributed by atoms with E-state index in [1.165, 1.54) is 128 Å². The SMILES string of the molecule is CCCCC/C=C\C/C=C\CCCCCCCCCC(=O)O[C@H](COC(=O)CCCCCCCCCCCCCCCCCC)COP(=O)([O-])OCC[N+](C)(C)C. The van der Waals surface area contributed by atoms with Gasteiger partial charge in [-0.15, -0.1) is 0 Å². The Labute approximate surface area is 351 Å². The second kappa shape index (κ2) is 39.9. The van der Waals surface area contributed by atoms with Crippen LogP contribution < -0.4 is 4.89 Å². The van der Waals surface area contributed by atoms with Gasteiger partial charge in [-0.1, -0.05) is 179 Å². The van der Waals surface area contributed by atoms with E-state index in [1.54, 1.807) is 0 Å². The first-order chi connectivity index (χ1) is 27.5. The van der Waals surface area contributed by atoms with Crippen molar-refractivity contribution in [3.63, 3.8) is 0 Å². The number of esters is 2. The molecule has 0 aliphatic heterocycles. The third-order valence-corrected chi connectivity index (χ3v) is 11.2. The number of phosphoric acid groups is 1. The standard InChI is InChI=1S/C47H90NO8P/c1-6-8-10-12-14-16-18-20-22-24-26-28-30-32-34-36-38-40-47(50)56-45(44-55-57(51,52)54-42-41-48(3,4)5)43-53-46(49)39-37-35-33-31-29-27-25-23-21-19-17-15-13-11-9-7-2/h14,16,20,22,45H,6-13,15,17-19,21,23-44H2,1-5H3/b16-14-,22-20-/t45-/m1/s1. The summed E-state index contributed by atoms with van der Waals surface area (Å²) in [5, 5.41) is 0. The Balaban J connectivity index is 4.31. The number of phosphoric ester groups is 1. The zero-order valence-electron chi connectivity index (χ0n) is 37.8. The molecule has 0 aromatic heterocycles. The zero-order valence-corrected chi connectivity index (χ0v) is 38.7. The molecular formula is C47H90NO8P. The molecule has 57 heavy (non-hydrogen) atoms. The van der Waals surface area contributed by atoms with E-state index >= 15 is 0 Å². The summed E-state index contributed by atoms with van der Waals surface area (Å²) in [4.78, 5) is 37.6. The van der Waals surface area contributed by atoms with Crippen molar-refractivity contribution in [1.82, 2.24) is 0 Å². The van der Waals surface area contributed by atoms with Gasteiger partial charge < -0.3 is 27.9 Å². The first-order valence-electron chi connectivity index (χ1n) is 23.5. The molecular weight excluding hydrogens is 737 g/mol. The highest BCUT2D eigenvalue weighted by Gasteiger charge is 2.21. The number of hydrogen-bond donors (Lipinski definition) is 0. The van der Waals surface area contributed by atoms with Crippen molar-refractivity contribution < 1.29 is 42.1 Å². The highest BCUT2D eigenvalue weighted by molar-refractivity contribution is 7.45. The van der Waals surface area contributed by atoms with Gasteiger partial charge in [0.1, 0.15) is 19.8 Å². The highest BCUT2D eigenvalue weighted by Crippen LogP contribution is 2.38. The lowest BCUT2D eigenvalue weighted by Crippen LogP contribution is -2.37. The maximum Gasteiger partial charge on any atom is 0.306 e. The van der Waals surface area contributed by atoms with E-state index in [4.69, 9.17) is 18.5 Å². The van der Waals surface area contributed by atoms with Crippen LogP contribution in [0.3, 0.4) is 0 Å². The fourth-order valence-corrected chi connectivity index (χ4v) is 7.24. The van der Waals surface area contributed by atoms with Gasteiger partial charge in [-0.3, -0.25) is 14.2 Å². The molecule has 0 aliphatic rings. The molecule has 9 nitrogen and oxygen atoms in total. The monoisotopic (exact) mass is 828 g/mol. The Morgan fingerprint density at radius 1 is 0.544 bits per heavy atom. The number of carbonyl (C=O) groups is 2. The van der Waals surface area contributed by atoms with Crippen LogP contribution in [0.5, 0.6) is 0 Å². The number of rotatable bonds is 43. The van der Waals surface area contributed by atoms with Gasteiger partial charge in [-0.05, 0) is 44.9 Å². The molecule has 336 valence electrons. The summed E-state index contributed by atoms with van der Waals surface area (Å²) in [6.07, 6.45) is 43.4. The van der Waals surface area contributed by atoms with E-state index < -0.39 is 26.5 Å². The van der Waals surface area contributed by atoms with Crippen LogP contribution >= 0.6 is 7.82 Å². The fraction of sp³-hybridized carbons (Fsp3) is 0.872. The molecule has 0 aliphatic carbocycles. The van der Waals surface area contributed by atoms with Crippen molar-refractivity contribution in [1.29, 1.82) is 0 Å². The smallest absolute Gasteiger partial charge is 0.306 e. The summed E-state index contributed by atoms with van der Waals surface area (Å²) in [5.74, 6) is -0.834. The minimum absolute atomic E-state index is 0.0306. The third-order valence-electron chi connectivity index (χ3n) is 10.2. The van der Waals surface area contributed by atoms with Gasteiger partial charge in [0.15, 0.2) is 6.10 Å². The molecule has 0 saturated heterocycles. The molecule has 0 aromatic rings. The van der Waals surface area contributed by atoms with Crippen molar-refractivity contribution in [3.8, 4) is 0 Å². The average molecular weight is 828 g/mol. The number of ether oxygens (including phenoxy) is 2. The molecule has 0 saturated carbocycles. The van der Waals surface area contributed by atoms with E-state index in [9.17, 15) is 19.0 Å². The first kappa shape index (κ1) is 55.5. The maximum atomic E-state index is 12.7. The summed E-state index contributed by atoms with van der Waals surface area (Å²) >= 11 is 0. The van der Waals surface area contributed by atoms with Crippen molar-refractivity contribution >= 4 is 19.8 Å². The number of nitrogens with zero attached hydrogens (tertiary/aromatic N) is 1. The van der Waals surface area contributed by atoms with Crippen molar-refractivity contribution in [2.75, 3.05) is 47.5 Å². The number of unbranched alkanes of at least 4 members (excludes halogenated alkanes) is 25. The average Bonchev–Trinajstić information content (AvgIpc) is 3.16. The number of likely N-dealkylation sites (N-methyl/N-ethyl adjacent to an activating group) is 1. The fourth-order valence-electron chi connectivity index (χ4n) is 6.51. The van der Waals surface area contributed by atoms with E-state index in [0.29, 0.717) is 17.4 Å². The van der Waals surface area contributed by atoms with Crippen LogP contribution in [0.4, 0.5) is 0 Å². The van der Waals surface area contributed by atoms with Gasteiger partial charge in [0, 0.05) is 12.8 Å². The number of allylic oxidation sites excluding steroid dienone is 4. The van der Waals surface area contributed by atoms with Crippen LogP contribution in [0.25, 0.3) is 0 Å². The van der Waals surface area contributed by atoms with E-state index in [-0.39, 0.29) is 32.0 Å². The van der Waals surface area contributed by atoms with Gasteiger partial charge in [-0.25, -0.2) is 0 Å². The molecule has 0 amide bonds. The minimum Gasteiger partial charge on any atom is -0.756 e. The molecule has 0 radical (unpaired) electrons. The molecule has 1 unspecified atom stereocenters. The molecule has 0 N–H and O–H groups in total. The van der Waals surface area contributed by atoms with Gasteiger partial charge in [-0.2, -0.15) is 0 Å².